The molecule has 0 unspecified atom stereocenters. The first-order chi connectivity index (χ1) is 12.3. The molecular weight excluding hydrogens is 375 g/mol. The predicted molar refractivity (Wildman–Crippen MR) is 99.8 cm³/mol. The van der Waals surface area contributed by atoms with Crippen molar-refractivity contribution < 1.29 is 17.6 Å². The highest BCUT2D eigenvalue weighted by molar-refractivity contribution is 8.00. The van der Waals surface area contributed by atoms with Crippen molar-refractivity contribution in [2.24, 2.45) is 0 Å². The number of aryl methyl sites for hydroxylation is 1. The van der Waals surface area contributed by atoms with E-state index in [0.717, 1.165) is 11.0 Å². The fourth-order valence-corrected chi connectivity index (χ4v) is 5.79. The van der Waals surface area contributed by atoms with Crippen molar-refractivity contribution >= 4 is 39.1 Å². The van der Waals surface area contributed by atoms with Crippen LogP contribution in [0, 0.1) is 12.7 Å². The van der Waals surface area contributed by atoms with Gasteiger partial charge in [0.1, 0.15) is 5.82 Å². The van der Waals surface area contributed by atoms with Crippen LogP contribution in [0.25, 0.3) is 0 Å². The van der Waals surface area contributed by atoms with E-state index in [9.17, 15) is 17.6 Å². The molecule has 2 heterocycles. The summed E-state index contributed by atoms with van der Waals surface area (Å²) in [5.41, 5.74) is 1.82. The van der Waals surface area contributed by atoms with Gasteiger partial charge in [0.2, 0.25) is 5.91 Å². The zero-order valence-corrected chi connectivity index (χ0v) is 15.9. The first kappa shape index (κ1) is 17.4. The molecule has 26 heavy (non-hydrogen) atoms. The van der Waals surface area contributed by atoms with Gasteiger partial charge in [-0.25, -0.2) is 12.8 Å². The van der Waals surface area contributed by atoms with Gasteiger partial charge in [-0.15, -0.1) is 11.8 Å². The standard InChI is InChI=1S/C18H17FN2O3S2/c1-10-3-4-12(7-14(10)19)20-26(23,24)16-6-5-15-18-13(16)8-17(22)21(18)9-11(2)25-15/h3-7,11,20H,8-9H2,1-2H3/t11-/m0/s1. The highest BCUT2D eigenvalue weighted by Crippen LogP contribution is 2.46. The van der Waals surface area contributed by atoms with Crippen molar-refractivity contribution in [3.05, 3.63) is 47.3 Å². The lowest BCUT2D eigenvalue weighted by Crippen LogP contribution is -2.35. The van der Waals surface area contributed by atoms with Gasteiger partial charge >= 0.3 is 0 Å². The van der Waals surface area contributed by atoms with Crippen molar-refractivity contribution in [3.8, 4) is 0 Å². The van der Waals surface area contributed by atoms with Gasteiger partial charge in [0.25, 0.3) is 10.0 Å². The van der Waals surface area contributed by atoms with Crippen molar-refractivity contribution in [2.45, 2.75) is 35.3 Å². The zero-order chi connectivity index (χ0) is 18.6. The molecule has 0 radical (unpaired) electrons. The molecule has 0 spiro atoms. The molecule has 5 nitrogen and oxygen atoms in total. The van der Waals surface area contributed by atoms with E-state index in [1.165, 1.54) is 18.2 Å². The maximum atomic E-state index is 13.7. The first-order valence-electron chi connectivity index (χ1n) is 8.18. The van der Waals surface area contributed by atoms with E-state index in [-0.39, 0.29) is 28.2 Å². The van der Waals surface area contributed by atoms with Gasteiger partial charge in [0, 0.05) is 22.3 Å². The molecule has 136 valence electrons. The molecule has 0 aliphatic carbocycles. The van der Waals surface area contributed by atoms with Crippen LogP contribution in [0.5, 0.6) is 0 Å². The Balaban J connectivity index is 1.77. The number of anilines is 2. The Kier molecular flexibility index (Phi) is 4.00. The highest BCUT2D eigenvalue weighted by atomic mass is 32.2. The van der Waals surface area contributed by atoms with Crippen LogP contribution in [0.4, 0.5) is 15.8 Å². The number of rotatable bonds is 3. The van der Waals surface area contributed by atoms with E-state index in [4.69, 9.17) is 0 Å². The van der Waals surface area contributed by atoms with E-state index < -0.39 is 15.8 Å². The summed E-state index contributed by atoms with van der Waals surface area (Å²) in [6, 6.07) is 7.46. The molecule has 2 aromatic rings. The van der Waals surface area contributed by atoms with E-state index in [2.05, 4.69) is 4.72 Å². The molecule has 8 heteroatoms. The molecule has 1 N–H and O–H groups in total. The molecule has 2 aliphatic rings. The van der Waals surface area contributed by atoms with Gasteiger partial charge in [0.15, 0.2) is 0 Å². The molecule has 0 saturated carbocycles. The van der Waals surface area contributed by atoms with Gasteiger partial charge in [-0.1, -0.05) is 13.0 Å². The van der Waals surface area contributed by atoms with Crippen LogP contribution in [0.1, 0.15) is 18.1 Å². The summed E-state index contributed by atoms with van der Waals surface area (Å²) in [4.78, 5) is 15.0. The third-order valence-corrected chi connectivity index (χ3v) is 7.18. The molecule has 0 aromatic heterocycles. The highest BCUT2D eigenvalue weighted by Gasteiger charge is 2.38. The number of hydrogen-bond donors (Lipinski definition) is 1. The summed E-state index contributed by atoms with van der Waals surface area (Å²) in [6.45, 7) is 4.22. The summed E-state index contributed by atoms with van der Waals surface area (Å²) < 4.78 is 41.9. The van der Waals surface area contributed by atoms with Gasteiger partial charge < -0.3 is 4.90 Å². The third-order valence-electron chi connectivity index (χ3n) is 4.58. The normalized spacial score (nSPS) is 18.8. The second-order valence-corrected chi connectivity index (χ2v) is 9.70. The van der Waals surface area contributed by atoms with Crippen LogP contribution >= 0.6 is 11.8 Å². The average molecular weight is 392 g/mol. The van der Waals surface area contributed by atoms with Crippen LogP contribution in [0.2, 0.25) is 0 Å². The largest absolute Gasteiger partial charge is 0.310 e. The lowest BCUT2D eigenvalue weighted by atomic mass is 10.1. The van der Waals surface area contributed by atoms with E-state index in [1.54, 1.807) is 29.7 Å². The van der Waals surface area contributed by atoms with Gasteiger partial charge in [0.05, 0.1) is 22.7 Å². The molecule has 2 aromatic carbocycles. The first-order valence-corrected chi connectivity index (χ1v) is 10.5. The van der Waals surface area contributed by atoms with Crippen LogP contribution in [0.15, 0.2) is 40.1 Å². The minimum atomic E-state index is -3.93. The summed E-state index contributed by atoms with van der Waals surface area (Å²) in [6.07, 6.45) is 0.0644. The van der Waals surface area contributed by atoms with E-state index in [0.29, 0.717) is 23.4 Å². The van der Waals surface area contributed by atoms with E-state index in [1.807, 2.05) is 6.92 Å². The SMILES string of the molecule is Cc1ccc(NS(=O)(=O)c2ccc3c4c2CC(=O)N4C[C@H](C)S3)cc1F. The molecule has 1 amide bonds. The number of carbonyl (C=O) groups is 1. The van der Waals surface area contributed by atoms with Gasteiger partial charge in [-0.2, -0.15) is 0 Å². The number of nitrogens with zero attached hydrogens (tertiary/aromatic N) is 1. The van der Waals surface area contributed by atoms with Crippen molar-refractivity contribution in [1.82, 2.24) is 0 Å². The Labute approximate surface area is 155 Å². The average Bonchev–Trinajstić information content (AvgIpc) is 2.88. The molecule has 2 aliphatic heterocycles. The maximum Gasteiger partial charge on any atom is 0.262 e. The minimum Gasteiger partial charge on any atom is -0.310 e. The summed E-state index contributed by atoms with van der Waals surface area (Å²) in [5, 5.41) is 0.258. The summed E-state index contributed by atoms with van der Waals surface area (Å²) in [7, 11) is -3.93. The van der Waals surface area contributed by atoms with Crippen molar-refractivity contribution in [2.75, 3.05) is 16.2 Å². The van der Waals surface area contributed by atoms with Crippen molar-refractivity contribution in [1.29, 1.82) is 0 Å². The molecule has 0 saturated heterocycles. The summed E-state index contributed by atoms with van der Waals surface area (Å²) in [5.74, 6) is -0.565. The van der Waals surface area contributed by atoms with Crippen LogP contribution in [0.3, 0.4) is 0 Å². The quantitative estimate of drug-likeness (QED) is 0.870. The second-order valence-electron chi connectivity index (χ2n) is 6.57. The number of benzene rings is 2. The smallest absolute Gasteiger partial charge is 0.262 e. The number of hydrogen-bond acceptors (Lipinski definition) is 4. The fraction of sp³-hybridized carbons (Fsp3) is 0.278. The number of thioether (sulfide) groups is 1. The predicted octanol–water partition coefficient (Wildman–Crippen LogP) is 3.32. The van der Waals surface area contributed by atoms with E-state index >= 15 is 0 Å². The van der Waals surface area contributed by atoms with Crippen LogP contribution in [-0.2, 0) is 21.2 Å². The Bertz CT molecular complexity index is 1040. The monoisotopic (exact) mass is 392 g/mol. The number of carbonyl (C=O) groups excluding carboxylic acids is 1. The molecule has 0 fully saturated rings. The second kappa shape index (κ2) is 5.99. The van der Waals surface area contributed by atoms with Gasteiger partial charge in [-0.3, -0.25) is 9.52 Å². The molecule has 4 rings (SSSR count). The summed E-state index contributed by atoms with van der Waals surface area (Å²) >= 11 is 1.64. The van der Waals surface area contributed by atoms with Gasteiger partial charge in [-0.05, 0) is 36.8 Å². The zero-order valence-electron chi connectivity index (χ0n) is 14.2. The van der Waals surface area contributed by atoms with Crippen LogP contribution in [-0.4, -0.2) is 26.1 Å². The maximum absolute atomic E-state index is 13.7. The topological polar surface area (TPSA) is 66.5 Å². The Morgan fingerprint density at radius 3 is 2.77 bits per heavy atom. The molecular formula is C18H17FN2O3S2. The lowest BCUT2D eigenvalue weighted by Gasteiger charge is -2.29. The Morgan fingerprint density at radius 2 is 2.04 bits per heavy atom. The fourth-order valence-electron chi connectivity index (χ4n) is 3.35. The minimum absolute atomic E-state index is 0.0644. The number of sulfonamides is 1. The number of amides is 1. The Morgan fingerprint density at radius 1 is 1.27 bits per heavy atom. The number of nitrogens with one attached hydrogen (secondary N) is 1. The number of halogens is 1. The molecule has 0 bridgehead atoms. The lowest BCUT2D eigenvalue weighted by molar-refractivity contribution is -0.117. The molecule has 1 atom stereocenters. The Hall–Kier alpha value is -2.06. The van der Waals surface area contributed by atoms with Crippen molar-refractivity contribution in [3.63, 3.8) is 0 Å². The van der Waals surface area contributed by atoms with Crippen LogP contribution < -0.4 is 9.62 Å². The third kappa shape index (κ3) is 2.77.